The molecular formula is C14H14N2O2S. The summed E-state index contributed by atoms with van der Waals surface area (Å²) >= 11 is 1.65. The Bertz CT molecular complexity index is 587. The lowest BCUT2D eigenvalue weighted by atomic mass is 10.1. The molecule has 1 amide bonds. The van der Waals surface area contributed by atoms with Gasteiger partial charge in [0.15, 0.2) is 0 Å². The van der Waals surface area contributed by atoms with Crippen LogP contribution in [0.5, 0.6) is 0 Å². The Labute approximate surface area is 115 Å². The van der Waals surface area contributed by atoms with Gasteiger partial charge in [0.25, 0.3) is 0 Å². The van der Waals surface area contributed by atoms with Gasteiger partial charge < -0.3 is 4.42 Å². The molecular weight excluding hydrogens is 260 g/mol. The fraction of sp³-hybridized carbons (Fsp3) is 0.286. The molecule has 0 saturated heterocycles. The molecule has 0 aliphatic carbocycles. The molecule has 5 heteroatoms. The topological polar surface area (TPSA) is 45.8 Å². The third-order valence-electron chi connectivity index (χ3n) is 3.15. The summed E-state index contributed by atoms with van der Waals surface area (Å²) in [5.74, 6) is 0.785. The summed E-state index contributed by atoms with van der Waals surface area (Å²) in [7, 11) is 0. The van der Waals surface area contributed by atoms with E-state index in [0.717, 1.165) is 16.3 Å². The van der Waals surface area contributed by atoms with Gasteiger partial charge in [-0.15, -0.1) is 11.3 Å². The molecule has 0 radical (unpaired) electrons. The second kappa shape index (κ2) is 5.01. The van der Waals surface area contributed by atoms with Crippen LogP contribution in [-0.2, 0) is 4.79 Å². The zero-order valence-electron chi connectivity index (χ0n) is 10.6. The average Bonchev–Trinajstić information content (AvgIpc) is 3.14. The van der Waals surface area contributed by atoms with Gasteiger partial charge >= 0.3 is 0 Å². The largest absolute Gasteiger partial charge is 0.463 e. The van der Waals surface area contributed by atoms with Crippen LogP contribution < -0.4 is 0 Å². The minimum absolute atomic E-state index is 0.00699. The maximum absolute atomic E-state index is 12.0. The second-order valence-electron chi connectivity index (χ2n) is 4.35. The van der Waals surface area contributed by atoms with Gasteiger partial charge in [-0.1, -0.05) is 13.0 Å². The molecule has 98 valence electrons. The molecule has 3 heterocycles. The van der Waals surface area contributed by atoms with Crippen LogP contribution in [0.25, 0.3) is 0 Å². The number of hydrazone groups is 1. The van der Waals surface area contributed by atoms with Crippen molar-refractivity contribution in [1.82, 2.24) is 5.01 Å². The molecule has 1 aliphatic rings. The minimum atomic E-state index is 0.00699. The number of hydrogen-bond donors (Lipinski definition) is 0. The Morgan fingerprint density at radius 2 is 2.42 bits per heavy atom. The van der Waals surface area contributed by atoms with Crippen LogP contribution >= 0.6 is 11.3 Å². The highest BCUT2D eigenvalue weighted by Gasteiger charge is 2.33. The first-order chi connectivity index (χ1) is 9.29. The summed E-state index contributed by atoms with van der Waals surface area (Å²) in [5, 5.41) is 8.08. The fourth-order valence-electron chi connectivity index (χ4n) is 2.20. The number of nitrogens with zero attached hydrogens (tertiary/aromatic N) is 2. The summed E-state index contributed by atoms with van der Waals surface area (Å²) in [5.41, 5.74) is 0.838. The predicted molar refractivity (Wildman–Crippen MR) is 74.1 cm³/mol. The van der Waals surface area contributed by atoms with Crippen molar-refractivity contribution >= 4 is 23.0 Å². The van der Waals surface area contributed by atoms with Gasteiger partial charge in [-0.25, -0.2) is 5.01 Å². The van der Waals surface area contributed by atoms with Crippen LogP contribution in [0, 0.1) is 0 Å². The molecule has 0 fully saturated rings. The third-order valence-corrected chi connectivity index (χ3v) is 4.12. The van der Waals surface area contributed by atoms with E-state index in [2.05, 4.69) is 5.10 Å². The molecule has 0 spiro atoms. The number of carbonyl (C=O) groups is 1. The van der Waals surface area contributed by atoms with Crippen LogP contribution in [0.2, 0.25) is 0 Å². The number of rotatable bonds is 3. The summed E-state index contributed by atoms with van der Waals surface area (Å²) in [4.78, 5) is 13.2. The minimum Gasteiger partial charge on any atom is -0.463 e. The molecule has 0 aromatic carbocycles. The highest BCUT2D eigenvalue weighted by Crippen LogP contribution is 2.35. The molecule has 0 saturated carbocycles. The zero-order valence-corrected chi connectivity index (χ0v) is 11.4. The molecule has 3 rings (SSSR count). The quantitative estimate of drug-likeness (QED) is 0.860. The number of hydrogen-bond acceptors (Lipinski definition) is 4. The number of furan rings is 1. The SMILES string of the molecule is CCC(=O)N1N=C(c2ccco2)C[C@H]1c1cccs1. The van der Waals surface area contributed by atoms with Crippen molar-refractivity contribution in [2.24, 2.45) is 5.10 Å². The summed E-state index contributed by atoms with van der Waals surface area (Å²) in [6.45, 7) is 1.86. The number of carbonyl (C=O) groups excluding carboxylic acids is 1. The molecule has 0 unspecified atom stereocenters. The predicted octanol–water partition coefficient (Wildman–Crippen LogP) is 3.43. The lowest BCUT2D eigenvalue weighted by Crippen LogP contribution is -2.25. The van der Waals surface area contributed by atoms with E-state index in [4.69, 9.17) is 4.42 Å². The van der Waals surface area contributed by atoms with Gasteiger partial charge in [-0.3, -0.25) is 4.79 Å². The first-order valence-corrected chi connectivity index (χ1v) is 7.14. The van der Waals surface area contributed by atoms with Crippen molar-refractivity contribution < 1.29 is 9.21 Å². The van der Waals surface area contributed by atoms with Gasteiger partial charge in [0, 0.05) is 17.7 Å². The standard InChI is InChI=1S/C14H14N2O2S/c1-2-14(17)16-11(13-6-4-8-19-13)9-10(15-16)12-5-3-7-18-12/h3-8,11H,2,9H2,1H3/t11-/m0/s1. The maximum atomic E-state index is 12.0. The molecule has 0 N–H and O–H groups in total. The van der Waals surface area contributed by atoms with E-state index in [0.29, 0.717) is 12.8 Å². The van der Waals surface area contributed by atoms with Gasteiger partial charge in [0.05, 0.1) is 12.3 Å². The Hall–Kier alpha value is -1.88. The van der Waals surface area contributed by atoms with Crippen LogP contribution in [0.15, 0.2) is 45.4 Å². The van der Waals surface area contributed by atoms with E-state index in [1.165, 1.54) is 0 Å². The molecule has 1 atom stereocenters. The van der Waals surface area contributed by atoms with Gasteiger partial charge in [-0.2, -0.15) is 5.10 Å². The van der Waals surface area contributed by atoms with Crippen LogP contribution in [0.3, 0.4) is 0 Å². The van der Waals surface area contributed by atoms with E-state index in [1.54, 1.807) is 22.6 Å². The van der Waals surface area contributed by atoms with Crippen LogP contribution in [0.1, 0.15) is 36.4 Å². The number of amides is 1. The Kier molecular flexibility index (Phi) is 3.21. The Balaban J connectivity index is 1.93. The van der Waals surface area contributed by atoms with Crippen molar-refractivity contribution in [1.29, 1.82) is 0 Å². The van der Waals surface area contributed by atoms with Crippen LogP contribution in [0.4, 0.5) is 0 Å². The van der Waals surface area contributed by atoms with Crippen molar-refractivity contribution in [3.05, 3.63) is 46.5 Å². The Morgan fingerprint density at radius 1 is 1.53 bits per heavy atom. The molecule has 1 aliphatic heterocycles. The summed E-state index contributed by atoms with van der Waals surface area (Å²) < 4.78 is 5.38. The molecule has 2 aromatic rings. The van der Waals surface area contributed by atoms with E-state index >= 15 is 0 Å². The van der Waals surface area contributed by atoms with Gasteiger partial charge in [-0.05, 0) is 23.6 Å². The second-order valence-corrected chi connectivity index (χ2v) is 5.33. The van der Waals surface area contributed by atoms with E-state index in [-0.39, 0.29) is 11.9 Å². The third kappa shape index (κ3) is 2.21. The van der Waals surface area contributed by atoms with E-state index < -0.39 is 0 Å². The van der Waals surface area contributed by atoms with Crippen molar-refractivity contribution in [3.8, 4) is 0 Å². The van der Waals surface area contributed by atoms with Gasteiger partial charge in [0.2, 0.25) is 5.91 Å². The van der Waals surface area contributed by atoms with E-state index in [9.17, 15) is 4.79 Å². The number of thiophene rings is 1. The molecule has 0 bridgehead atoms. The monoisotopic (exact) mass is 274 g/mol. The molecule has 19 heavy (non-hydrogen) atoms. The van der Waals surface area contributed by atoms with Gasteiger partial charge in [0.1, 0.15) is 11.5 Å². The normalized spacial score (nSPS) is 18.7. The fourth-order valence-corrected chi connectivity index (χ4v) is 3.01. The summed E-state index contributed by atoms with van der Waals surface area (Å²) in [6.07, 6.45) is 2.79. The highest BCUT2D eigenvalue weighted by atomic mass is 32.1. The highest BCUT2D eigenvalue weighted by molar-refractivity contribution is 7.10. The van der Waals surface area contributed by atoms with E-state index in [1.807, 2.05) is 36.6 Å². The van der Waals surface area contributed by atoms with Crippen molar-refractivity contribution in [3.63, 3.8) is 0 Å². The first-order valence-electron chi connectivity index (χ1n) is 6.26. The lowest BCUT2D eigenvalue weighted by Gasteiger charge is -2.19. The zero-order chi connectivity index (χ0) is 13.2. The van der Waals surface area contributed by atoms with Crippen LogP contribution in [-0.4, -0.2) is 16.6 Å². The smallest absolute Gasteiger partial charge is 0.243 e. The lowest BCUT2D eigenvalue weighted by molar-refractivity contribution is -0.132. The van der Waals surface area contributed by atoms with Crippen molar-refractivity contribution in [2.75, 3.05) is 0 Å². The first kappa shape index (κ1) is 12.2. The maximum Gasteiger partial charge on any atom is 0.243 e. The molecule has 4 nitrogen and oxygen atoms in total. The Morgan fingerprint density at radius 3 is 3.05 bits per heavy atom. The van der Waals surface area contributed by atoms with Crippen molar-refractivity contribution in [2.45, 2.75) is 25.8 Å². The summed E-state index contributed by atoms with van der Waals surface area (Å²) in [6, 6.07) is 7.77. The average molecular weight is 274 g/mol. The molecule has 2 aromatic heterocycles.